The summed E-state index contributed by atoms with van der Waals surface area (Å²) in [5.74, 6) is 0. The van der Waals surface area contributed by atoms with Gasteiger partial charge in [0, 0.05) is 17.3 Å². The molecule has 1 saturated carbocycles. The highest BCUT2D eigenvalue weighted by atomic mass is 16.3. The van der Waals surface area contributed by atoms with Gasteiger partial charge in [0.05, 0.1) is 18.3 Å². The molecule has 1 aromatic heterocycles. The first-order valence-electron chi connectivity index (χ1n) is 7.43. The number of nitrogens with one attached hydrogen (secondary N) is 1. The number of aliphatic hydroxyl groups is 1. The number of aliphatic hydroxyl groups excluding tert-OH is 1. The Kier molecular flexibility index (Phi) is 3.18. The number of aromatic nitrogens is 2. The van der Waals surface area contributed by atoms with Crippen LogP contribution in [0.3, 0.4) is 0 Å². The first-order chi connectivity index (χ1) is 9.02. The number of rotatable bonds is 2. The van der Waals surface area contributed by atoms with Crippen molar-refractivity contribution in [3.8, 4) is 0 Å². The Hall–Kier alpha value is -0.870. The average Bonchev–Trinajstić information content (AvgIpc) is 2.92. The Morgan fingerprint density at radius 1 is 1.42 bits per heavy atom. The number of hydrogen-bond acceptors (Lipinski definition) is 3. The molecule has 3 atom stereocenters. The van der Waals surface area contributed by atoms with Crippen LogP contribution in [0.25, 0.3) is 0 Å². The molecular formula is C15H25N3O. The molecule has 1 aromatic rings. The summed E-state index contributed by atoms with van der Waals surface area (Å²) in [5.41, 5.74) is 2.96. The Labute approximate surface area is 115 Å². The lowest BCUT2D eigenvalue weighted by atomic mass is 9.74. The molecule has 0 bridgehead atoms. The van der Waals surface area contributed by atoms with Crippen LogP contribution in [-0.4, -0.2) is 28.0 Å². The summed E-state index contributed by atoms with van der Waals surface area (Å²) in [7, 11) is 2.03. The van der Waals surface area contributed by atoms with Gasteiger partial charge >= 0.3 is 0 Å². The van der Waals surface area contributed by atoms with E-state index in [-0.39, 0.29) is 12.1 Å². The standard InChI is InChI=1S/C15H25N3O/c1-15(2)7-11(16-3)10-9-17-18(13(10)8-15)12-5-4-6-14(12)19/h9,11-12,14,16,19H,4-8H2,1-3H3. The van der Waals surface area contributed by atoms with Gasteiger partial charge in [0.1, 0.15) is 0 Å². The van der Waals surface area contributed by atoms with Gasteiger partial charge in [-0.1, -0.05) is 13.8 Å². The molecule has 0 spiro atoms. The molecule has 3 unspecified atom stereocenters. The van der Waals surface area contributed by atoms with E-state index in [1.165, 1.54) is 11.3 Å². The molecule has 4 heteroatoms. The predicted molar refractivity (Wildman–Crippen MR) is 75.0 cm³/mol. The molecule has 2 aliphatic carbocycles. The molecule has 2 N–H and O–H groups in total. The average molecular weight is 263 g/mol. The van der Waals surface area contributed by atoms with Crippen molar-refractivity contribution in [1.29, 1.82) is 0 Å². The highest BCUT2D eigenvalue weighted by molar-refractivity contribution is 5.27. The lowest BCUT2D eigenvalue weighted by Crippen LogP contribution is -2.33. The topological polar surface area (TPSA) is 50.1 Å². The van der Waals surface area contributed by atoms with Crippen LogP contribution in [0.2, 0.25) is 0 Å². The van der Waals surface area contributed by atoms with E-state index in [9.17, 15) is 5.11 Å². The summed E-state index contributed by atoms with van der Waals surface area (Å²) in [4.78, 5) is 0. The molecule has 3 rings (SSSR count). The Morgan fingerprint density at radius 2 is 2.21 bits per heavy atom. The van der Waals surface area contributed by atoms with Crippen molar-refractivity contribution in [2.45, 2.75) is 64.1 Å². The second-order valence-corrected chi connectivity index (χ2v) is 6.94. The third kappa shape index (κ3) is 2.21. The summed E-state index contributed by atoms with van der Waals surface area (Å²) in [6.45, 7) is 4.64. The first kappa shape index (κ1) is 13.1. The van der Waals surface area contributed by atoms with Crippen LogP contribution in [0.1, 0.15) is 62.9 Å². The SMILES string of the molecule is CNC1CC(C)(C)Cc2c1cnn2C1CCCC1O. The van der Waals surface area contributed by atoms with Gasteiger partial charge in [-0.2, -0.15) is 5.10 Å². The van der Waals surface area contributed by atoms with Crippen molar-refractivity contribution in [1.82, 2.24) is 15.1 Å². The number of fused-ring (bicyclic) bond motifs is 1. The highest BCUT2D eigenvalue weighted by Gasteiger charge is 2.37. The molecule has 0 saturated heterocycles. The van der Waals surface area contributed by atoms with Crippen LogP contribution in [0.15, 0.2) is 6.20 Å². The summed E-state index contributed by atoms with van der Waals surface area (Å²) < 4.78 is 2.12. The molecule has 0 aliphatic heterocycles. The molecular weight excluding hydrogens is 238 g/mol. The van der Waals surface area contributed by atoms with Crippen LogP contribution in [0, 0.1) is 5.41 Å². The molecule has 106 valence electrons. The van der Waals surface area contributed by atoms with E-state index in [1.54, 1.807) is 0 Å². The van der Waals surface area contributed by atoms with Crippen LogP contribution >= 0.6 is 0 Å². The largest absolute Gasteiger partial charge is 0.391 e. The van der Waals surface area contributed by atoms with Gasteiger partial charge in [0.25, 0.3) is 0 Å². The predicted octanol–water partition coefficient (Wildman–Crippen LogP) is 2.20. The van der Waals surface area contributed by atoms with Crippen molar-refractivity contribution in [3.05, 3.63) is 17.5 Å². The Balaban J connectivity index is 1.99. The normalized spacial score (nSPS) is 33.4. The molecule has 0 aromatic carbocycles. The fourth-order valence-electron chi connectivity index (χ4n) is 3.81. The molecule has 4 nitrogen and oxygen atoms in total. The fourth-order valence-corrected chi connectivity index (χ4v) is 3.81. The molecule has 1 fully saturated rings. The van der Waals surface area contributed by atoms with Crippen LogP contribution < -0.4 is 5.32 Å². The Bertz CT molecular complexity index is 466. The monoisotopic (exact) mass is 263 g/mol. The van der Waals surface area contributed by atoms with Crippen molar-refractivity contribution in [3.63, 3.8) is 0 Å². The van der Waals surface area contributed by atoms with E-state index < -0.39 is 0 Å². The summed E-state index contributed by atoms with van der Waals surface area (Å²) in [6, 6.07) is 0.584. The molecule has 1 heterocycles. The van der Waals surface area contributed by atoms with Crippen molar-refractivity contribution < 1.29 is 5.11 Å². The number of nitrogens with zero attached hydrogens (tertiary/aromatic N) is 2. The minimum atomic E-state index is -0.220. The zero-order valence-electron chi connectivity index (χ0n) is 12.2. The van der Waals surface area contributed by atoms with Crippen molar-refractivity contribution in [2.24, 2.45) is 5.41 Å². The van der Waals surface area contributed by atoms with Gasteiger partial charge < -0.3 is 10.4 Å². The summed E-state index contributed by atoms with van der Waals surface area (Å²) in [6.07, 6.45) is 7.08. The van der Waals surface area contributed by atoms with E-state index in [0.717, 1.165) is 32.1 Å². The van der Waals surface area contributed by atoms with Crippen molar-refractivity contribution >= 4 is 0 Å². The maximum absolute atomic E-state index is 10.1. The first-order valence-corrected chi connectivity index (χ1v) is 7.43. The Morgan fingerprint density at radius 3 is 2.84 bits per heavy atom. The van der Waals surface area contributed by atoms with E-state index in [0.29, 0.717) is 11.5 Å². The van der Waals surface area contributed by atoms with Crippen LogP contribution in [0.4, 0.5) is 0 Å². The van der Waals surface area contributed by atoms with Gasteiger partial charge in [-0.25, -0.2) is 0 Å². The molecule has 19 heavy (non-hydrogen) atoms. The zero-order valence-corrected chi connectivity index (χ0v) is 12.2. The van der Waals surface area contributed by atoms with E-state index in [4.69, 9.17) is 0 Å². The smallest absolute Gasteiger partial charge is 0.0781 e. The lowest BCUT2D eigenvalue weighted by molar-refractivity contribution is 0.126. The van der Waals surface area contributed by atoms with Gasteiger partial charge in [0.15, 0.2) is 0 Å². The highest BCUT2D eigenvalue weighted by Crippen LogP contribution is 2.42. The van der Waals surface area contributed by atoms with E-state index >= 15 is 0 Å². The quantitative estimate of drug-likeness (QED) is 0.860. The van der Waals surface area contributed by atoms with Gasteiger partial charge in [-0.3, -0.25) is 4.68 Å². The van der Waals surface area contributed by atoms with Gasteiger partial charge in [-0.05, 0) is 44.6 Å². The van der Waals surface area contributed by atoms with Gasteiger partial charge in [-0.15, -0.1) is 0 Å². The minimum Gasteiger partial charge on any atom is -0.391 e. The third-order valence-corrected chi connectivity index (χ3v) is 4.82. The molecule has 0 amide bonds. The maximum atomic E-state index is 10.1. The number of hydrogen-bond donors (Lipinski definition) is 2. The third-order valence-electron chi connectivity index (χ3n) is 4.82. The molecule has 0 radical (unpaired) electrons. The zero-order chi connectivity index (χ0) is 13.6. The van der Waals surface area contributed by atoms with E-state index in [1.807, 2.05) is 13.2 Å². The maximum Gasteiger partial charge on any atom is 0.0781 e. The van der Waals surface area contributed by atoms with Crippen molar-refractivity contribution in [2.75, 3.05) is 7.05 Å². The fraction of sp³-hybridized carbons (Fsp3) is 0.800. The second kappa shape index (κ2) is 4.60. The minimum absolute atomic E-state index is 0.190. The van der Waals surface area contributed by atoms with E-state index in [2.05, 4.69) is 28.9 Å². The van der Waals surface area contributed by atoms with Gasteiger partial charge in [0.2, 0.25) is 0 Å². The summed E-state index contributed by atoms with van der Waals surface area (Å²) in [5, 5.41) is 18.2. The molecule has 2 aliphatic rings. The lowest BCUT2D eigenvalue weighted by Gasteiger charge is -2.36. The van der Waals surface area contributed by atoms with Crippen LogP contribution in [-0.2, 0) is 6.42 Å². The summed E-state index contributed by atoms with van der Waals surface area (Å²) >= 11 is 0. The van der Waals surface area contributed by atoms with Crippen LogP contribution in [0.5, 0.6) is 0 Å². The second-order valence-electron chi connectivity index (χ2n) is 6.94.